The Labute approximate surface area is 198 Å². The Balaban J connectivity index is 0.00000220. The molecule has 0 aliphatic carbocycles. The Kier molecular flexibility index (Phi) is 21.9. The second kappa shape index (κ2) is 22.8. The number of carbonyl (C=O) groups excluding carboxylic acids is 1. The van der Waals surface area contributed by atoms with Crippen LogP contribution < -0.4 is 5.73 Å². The van der Waals surface area contributed by atoms with Crippen LogP contribution in [0.2, 0.25) is 0 Å². The number of allylic oxidation sites excluding steroid dienone is 2. The number of rotatable bonds is 18. The molecule has 0 saturated carbocycles. The van der Waals surface area contributed by atoms with Crippen LogP contribution in [-0.2, 0) is 9.59 Å². The van der Waals surface area contributed by atoms with Crippen molar-refractivity contribution < 1.29 is 14.7 Å². The molecule has 0 aromatic rings. The van der Waals surface area contributed by atoms with Crippen LogP contribution in [-0.4, -0.2) is 41.0 Å². The van der Waals surface area contributed by atoms with E-state index in [2.05, 4.69) is 19.1 Å². The zero-order valence-electron chi connectivity index (χ0n) is 21.2. The first kappa shape index (κ1) is 30.6. The van der Waals surface area contributed by atoms with Crippen molar-refractivity contribution in [1.29, 1.82) is 0 Å². The van der Waals surface area contributed by atoms with Crippen LogP contribution in [0, 0.1) is 0 Å². The van der Waals surface area contributed by atoms with E-state index >= 15 is 0 Å². The summed E-state index contributed by atoms with van der Waals surface area (Å²) in [5.41, 5.74) is 6.20. The second-order valence-corrected chi connectivity index (χ2v) is 9.28. The summed E-state index contributed by atoms with van der Waals surface area (Å²) in [6.45, 7) is 5.28. The molecule has 32 heavy (non-hydrogen) atoms. The summed E-state index contributed by atoms with van der Waals surface area (Å²) in [5, 5.41) is 7.42. The number of carboxylic acid groups (broad SMARTS) is 1. The minimum atomic E-state index is -0.833. The van der Waals surface area contributed by atoms with Crippen molar-refractivity contribution in [2.75, 3.05) is 13.1 Å². The van der Waals surface area contributed by atoms with E-state index in [0.29, 0.717) is 12.3 Å². The third kappa shape index (κ3) is 21.9. The van der Waals surface area contributed by atoms with Crippen LogP contribution >= 0.6 is 0 Å². The number of unbranched alkanes of at least 4 members (excludes halogenated alkanes) is 11. The fourth-order valence-electron chi connectivity index (χ4n) is 4.06. The van der Waals surface area contributed by atoms with E-state index in [-0.39, 0.29) is 6.04 Å². The molecule has 0 aromatic heterocycles. The van der Waals surface area contributed by atoms with Gasteiger partial charge in [0, 0.05) is 32.5 Å². The van der Waals surface area contributed by atoms with Crippen LogP contribution in [0.3, 0.4) is 0 Å². The van der Waals surface area contributed by atoms with Gasteiger partial charge in [-0.25, -0.2) is 0 Å². The Morgan fingerprint density at radius 2 is 1.31 bits per heavy atom. The Bertz CT molecular complexity index is 470. The fourth-order valence-corrected chi connectivity index (χ4v) is 4.06. The summed E-state index contributed by atoms with van der Waals surface area (Å²) in [7, 11) is 0. The Morgan fingerprint density at radius 3 is 1.84 bits per heavy atom. The fraction of sp³-hybridized carbons (Fsp3) is 0.852. The molecular weight excluding hydrogens is 400 g/mol. The van der Waals surface area contributed by atoms with E-state index in [1.165, 1.54) is 96.3 Å². The molecule has 5 nitrogen and oxygen atoms in total. The number of likely N-dealkylation sites (tertiary alicyclic amines) is 1. The molecule has 0 bridgehead atoms. The number of nitrogens with zero attached hydrogens (tertiary/aromatic N) is 1. The topological polar surface area (TPSA) is 83.6 Å². The van der Waals surface area contributed by atoms with E-state index in [4.69, 9.17) is 15.6 Å². The lowest BCUT2D eigenvalue weighted by molar-refractivity contribution is -0.134. The van der Waals surface area contributed by atoms with Gasteiger partial charge in [0.25, 0.3) is 5.97 Å². The third-order valence-electron chi connectivity index (χ3n) is 6.02. The van der Waals surface area contributed by atoms with Crippen molar-refractivity contribution in [3.8, 4) is 0 Å². The summed E-state index contributed by atoms with van der Waals surface area (Å²) in [4.78, 5) is 23.0. The minimum absolute atomic E-state index is 0.205. The Hall–Kier alpha value is -1.36. The minimum Gasteiger partial charge on any atom is -0.481 e. The molecule has 1 amide bonds. The van der Waals surface area contributed by atoms with Crippen molar-refractivity contribution in [2.45, 2.75) is 135 Å². The van der Waals surface area contributed by atoms with Gasteiger partial charge >= 0.3 is 0 Å². The summed E-state index contributed by atoms with van der Waals surface area (Å²) >= 11 is 0. The number of amides is 1. The molecule has 1 unspecified atom stereocenters. The van der Waals surface area contributed by atoms with E-state index in [9.17, 15) is 4.79 Å². The summed E-state index contributed by atoms with van der Waals surface area (Å²) in [5.74, 6) is -0.516. The molecule has 1 aliphatic rings. The van der Waals surface area contributed by atoms with Crippen molar-refractivity contribution in [1.82, 2.24) is 4.90 Å². The standard InChI is InChI=1S/C25H48N2O.C2H4O2/c1-2-3-4-5-6-7-8-9-10-11-12-13-14-15-16-19-24(26)20-21-25(28)27-22-17-18-23-27;1-2(3)4/h9-10,24H,2-8,11-23,26H2,1H3;1H3,(H,3,4)/b10-9-;. The van der Waals surface area contributed by atoms with Gasteiger partial charge in [0.05, 0.1) is 0 Å². The zero-order chi connectivity index (χ0) is 23.9. The van der Waals surface area contributed by atoms with Gasteiger partial charge in [-0.3, -0.25) is 9.59 Å². The van der Waals surface area contributed by atoms with Crippen molar-refractivity contribution in [3.63, 3.8) is 0 Å². The van der Waals surface area contributed by atoms with Gasteiger partial charge in [0.2, 0.25) is 5.91 Å². The monoisotopic (exact) mass is 452 g/mol. The first-order chi connectivity index (χ1) is 15.5. The van der Waals surface area contributed by atoms with E-state index in [1.807, 2.05) is 4.90 Å². The maximum absolute atomic E-state index is 12.0. The average Bonchev–Trinajstić information content (AvgIpc) is 3.29. The molecule has 1 saturated heterocycles. The molecule has 0 aromatic carbocycles. The highest BCUT2D eigenvalue weighted by atomic mass is 16.4. The SMILES string of the molecule is CC(=O)O.CCCCCCCC/C=C\CCCCCCCC(N)CCC(=O)N1CCCC1. The zero-order valence-corrected chi connectivity index (χ0v) is 21.2. The summed E-state index contributed by atoms with van der Waals surface area (Å²) < 4.78 is 0. The highest BCUT2D eigenvalue weighted by Crippen LogP contribution is 2.14. The second-order valence-electron chi connectivity index (χ2n) is 9.28. The number of carbonyl (C=O) groups is 2. The molecule has 0 radical (unpaired) electrons. The quantitative estimate of drug-likeness (QED) is 0.176. The van der Waals surface area contributed by atoms with Crippen molar-refractivity contribution in [2.24, 2.45) is 5.73 Å². The molecule has 188 valence electrons. The molecule has 3 N–H and O–H groups in total. The van der Waals surface area contributed by atoms with Gasteiger partial charge in [0.1, 0.15) is 0 Å². The molecule has 1 heterocycles. The smallest absolute Gasteiger partial charge is 0.300 e. The number of hydrogen-bond donors (Lipinski definition) is 2. The predicted octanol–water partition coefficient (Wildman–Crippen LogP) is 6.84. The molecule has 5 heteroatoms. The highest BCUT2D eigenvalue weighted by Gasteiger charge is 2.18. The lowest BCUT2D eigenvalue weighted by atomic mass is 10.0. The molecule has 1 aliphatic heterocycles. The maximum atomic E-state index is 12.0. The van der Waals surface area contributed by atoms with Gasteiger partial charge in [-0.05, 0) is 51.4 Å². The van der Waals surface area contributed by atoms with Crippen molar-refractivity contribution in [3.05, 3.63) is 12.2 Å². The molecular formula is C27H52N2O3. The number of aliphatic carboxylic acids is 1. The molecule has 1 atom stereocenters. The van der Waals surface area contributed by atoms with Crippen LogP contribution in [0.4, 0.5) is 0 Å². The number of nitrogens with two attached hydrogens (primary N) is 1. The summed E-state index contributed by atoms with van der Waals surface area (Å²) in [6.07, 6.45) is 27.0. The van der Waals surface area contributed by atoms with Gasteiger partial charge in [-0.2, -0.15) is 0 Å². The lowest BCUT2D eigenvalue weighted by Gasteiger charge is -2.17. The third-order valence-corrected chi connectivity index (χ3v) is 6.02. The van der Waals surface area contributed by atoms with Crippen LogP contribution in [0.25, 0.3) is 0 Å². The van der Waals surface area contributed by atoms with Gasteiger partial charge in [-0.1, -0.05) is 76.9 Å². The predicted molar refractivity (Wildman–Crippen MR) is 136 cm³/mol. The lowest BCUT2D eigenvalue weighted by Crippen LogP contribution is -2.29. The molecule has 1 fully saturated rings. The molecule has 0 spiro atoms. The normalized spacial score (nSPS) is 14.4. The van der Waals surface area contributed by atoms with E-state index in [1.54, 1.807) is 0 Å². The summed E-state index contributed by atoms with van der Waals surface area (Å²) in [6, 6.07) is 0.205. The number of carboxylic acids is 1. The average molecular weight is 453 g/mol. The number of hydrogen-bond acceptors (Lipinski definition) is 3. The van der Waals surface area contributed by atoms with Crippen LogP contribution in [0.15, 0.2) is 12.2 Å². The Morgan fingerprint density at radius 1 is 0.844 bits per heavy atom. The van der Waals surface area contributed by atoms with Crippen LogP contribution in [0.5, 0.6) is 0 Å². The highest BCUT2D eigenvalue weighted by molar-refractivity contribution is 5.76. The first-order valence-corrected chi connectivity index (χ1v) is 13.3. The van der Waals surface area contributed by atoms with Crippen LogP contribution in [0.1, 0.15) is 129 Å². The largest absolute Gasteiger partial charge is 0.481 e. The van der Waals surface area contributed by atoms with Crippen molar-refractivity contribution >= 4 is 11.9 Å². The van der Waals surface area contributed by atoms with Gasteiger partial charge in [0.15, 0.2) is 0 Å². The molecule has 1 rings (SSSR count). The van der Waals surface area contributed by atoms with Gasteiger partial charge < -0.3 is 15.7 Å². The van der Waals surface area contributed by atoms with E-state index in [0.717, 1.165) is 32.9 Å². The van der Waals surface area contributed by atoms with E-state index < -0.39 is 5.97 Å². The maximum Gasteiger partial charge on any atom is 0.300 e. The first-order valence-electron chi connectivity index (χ1n) is 13.3. The van der Waals surface area contributed by atoms with Gasteiger partial charge in [-0.15, -0.1) is 0 Å².